The summed E-state index contributed by atoms with van der Waals surface area (Å²) in [5.41, 5.74) is 4.20. The van der Waals surface area contributed by atoms with Gasteiger partial charge in [0.1, 0.15) is 0 Å². The minimum Gasteiger partial charge on any atom is -0.392 e. The number of fused-ring (bicyclic) bond motifs is 1. The summed E-state index contributed by atoms with van der Waals surface area (Å²) >= 11 is 0. The fourth-order valence-electron chi connectivity index (χ4n) is 2.19. The Morgan fingerprint density at radius 1 is 1.11 bits per heavy atom. The summed E-state index contributed by atoms with van der Waals surface area (Å²) in [5.74, 6) is 0.851. The Morgan fingerprint density at radius 2 is 1.84 bits per heavy atom. The molecule has 3 aromatic rings. The van der Waals surface area contributed by atoms with Crippen LogP contribution in [0.2, 0.25) is 0 Å². The second kappa shape index (κ2) is 4.74. The van der Waals surface area contributed by atoms with E-state index in [9.17, 15) is 0 Å². The van der Waals surface area contributed by atoms with Crippen LogP contribution in [-0.2, 0) is 6.61 Å². The van der Waals surface area contributed by atoms with E-state index in [1.165, 1.54) is 0 Å². The summed E-state index contributed by atoms with van der Waals surface area (Å²) in [6, 6.07) is 14.1. The quantitative estimate of drug-likeness (QED) is 0.672. The van der Waals surface area contributed by atoms with Crippen LogP contribution in [0.4, 0.5) is 5.82 Å². The number of nitrogens with zero attached hydrogens (tertiary/aromatic N) is 1. The van der Waals surface area contributed by atoms with Crippen molar-refractivity contribution in [1.82, 2.24) is 10.2 Å². The van der Waals surface area contributed by atoms with E-state index < -0.39 is 0 Å². The van der Waals surface area contributed by atoms with Crippen LogP contribution in [0.5, 0.6) is 0 Å². The third-order valence-corrected chi connectivity index (χ3v) is 3.27. The summed E-state index contributed by atoms with van der Waals surface area (Å²) in [6.45, 7) is 0.0744. The maximum atomic E-state index is 9.06. The van der Waals surface area contributed by atoms with Gasteiger partial charge in [0, 0.05) is 12.4 Å². The van der Waals surface area contributed by atoms with Gasteiger partial charge in [-0.3, -0.25) is 5.10 Å². The van der Waals surface area contributed by atoms with E-state index >= 15 is 0 Å². The van der Waals surface area contributed by atoms with E-state index in [1.807, 2.05) is 37.4 Å². The standard InChI is InChI=1S/C15H15N3O/c1-16-15-13-8-12(6-7-14(13)17-18-15)11-4-2-10(9-19)3-5-11/h2-8,19H,9H2,1H3,(H2,16,17,18). The van der Waals surface area contributed by atoms with Gasteiger partial charge in [-0.2, -0.15) is 5.10 Å². The topological polar surface area (TPSA) is 60.9 Å². The Bertz CT molecular complexity index is 701. The van der Waals surface area contributed by atoms with Crippen LogP contribution in [0, 0.1) is 0 Å². The maximum Gasteiger partial charge on any atom is 0.155 e. The SMILES string of the molecule is CNc1n[nH]c2ccc(-c3ccc(CO)cc3)cc12. The molecule has 0 aliphatic carbocycles. The van der Waals surface area contributed by atoms with Crippen molar-refractivity contribution >= 4 is 16.7 Å². The van der Waals surface area contributed by atoms with Gasteiger partial charge in [-0.15, -0.1) is 0 Å². The predicted octanol–water partition coefficient (Wildman–Crippen LogP) is 2.76. The third kappa shape index (κ3) is 2.06. The number of benzene rings is 2. The molecule has 1 heterocycles. The second-order valence-electron chi connectivity index (χ2n) is 4.44. The first kappa shape index (κ1) is 11.7. The summed E-state index contributed by atoms with van der Waals surface area (Å²) in [5, 5.41) is 20.4. The van der Waals surface area contributed by atoms with Crippen LogP contribution in [0.1, 0.15) is 5.56 Å². The van der Waals surface area contributed by atoms with E-state index in [0.717, 1.165) is 33.4 Å². The van der Waals surface area contributed by atoms with E-state index in [-0.39, 0.29) is 6.61 Å². The normalized spacial score (nSPS) is 10.8. The molecule has 0 bridgehead atoms. The molecule has 0 atom stereocenters. The van der Waals surface area contributed by atoms with Crippen LogP contribution in [0.15, 0.2) is 42.5 Å². The van der Waals surface area contributed by atoms with Crippen molar-refractivity contribution in [2.75, 3.05) is 12.4 Å². The molecule has 0 spiro atoms. The molecule has 0 aliphatic rings. The average molecular weight is 253 g/mol. The molecular formula is C15H15N3O. The van der Waals surface area contributed by atoms with Gasteiger partial charge in [0.25, 0.3) is 0 Å². The molecule has 4 heteroatoms. The molecule has 2 aromatic carbocycles. The Morgan fingerprint density at radius 3 is 2.53 bits per heavy atom. The van der Waals surface area contributed by atoms with E-state index in [0.29, 0.717) is 0 Å². The lowest BCUT2D eigenvalue weighted by Crippen LogP contribution is -1.88. The fourth-order valence-corrected chi connectivity index (χ4v) is 2.19. The Hall–Kier alpha value is -2.33. The molecule has 0 amide bonds. The summed E-state index contributed by atoms with van der Waals surface area (Å²) in [6.07, 6.45) is 0. The van der Waals surface area contributed by atoms with Gasteiger partial charge >= 0.3 is 0 Å². The Labute approximate surface area is 111 Å². The average Bonchev–Trinajstić information content (AvgIpc) is 2.89. The molecule has 0 saturated carbocycles. The number of hydrogen-bond acceptors (Lipinski definition) is 3. The zero-order chi connectivity index (χ0) is 13.2. The zero-order valence-electron chi connectivity index (χ0n) is 10.6. The molecule has 4 nitrogen and oxygen atoms in total. The smallest absolute Gasteiger partial charge is 0.155 e. The number of aliphatic hydroxyl groups is 1. The molecule has 1 aromatic heterocycles. The first-order valence-corrected chi connectivity index (χ1v) is 6.18. The van der Waals surface area contributed by atoms with Gasteiger partial charge < -0.3 is 10.4 Å². The summed E-state index contributed by atoms with van der Waals surface area (Å²) in [4.78, 5) is 0. The molecule has 0 saturated heterocycles. The van der Waals surface area contributed by atoms with Crippen molar-refractivity contribution in [2.24, 2.45) is 0 Å². The molecule has 19 heavy (non-hydrogen) atoms. The Kier molecular flexibility index (Phi) is 2.93. The molecule has 3 N–H and O–H groups in total. The number of hydrogen-bond donors (Lipinski definition) is 3. The van der Waals surface area contributed by atoms with Crippen molar-refractivity contribution in [1.29, 1.82) is 0 Å². The van der Waals surface area contributed by atoms with Gasteiger partial charge in [-0.1, -0.05) is 30.3 Å². The first-order chi connectivity index (χ1) is 9.31. The van der Waals surface area contributed by atoms with Crippen molar-refractivity contribution < 1.29 is 5.11 Å². The number of rotatable bonds is 3. The molecule has 0 aliphatic heterocycles. The number of nitrogens with one attached hydrogen (secondary N) is 2. The van der Waals surface area contributed by atoms with E-state index in [2.05, 4.69) is 27.6 Å². The highest BCUT2D eigenvalue weighted by molar-refractivity contribution is 5.93. The van der Waals surface area contributed by atoms with Crippen molar-refractivity contribution in [3.05, 3.63) is 48.0 Å². The Balaban J connectivity index is 2.08. The minimum absolute atomic E-state index is 0.0744. The van der Waals surface area contributed by atoms with Crippen LogP contribution in [0.3, 0.4) is 0 Å². The van der Waals surface area contributed by atoms with Crippen molar-refractivity contribution in [3.63, 3.8) is 0 Å². The van der Waals surface area contributed by atoms with Crippen molar-refractivity contribution in [3.8, 4) is 11.1 Å². The van der Waals surface area contributed by atoms with Crippen LogP contribution in [0.25, 0.3) is 22.0 Å². The van der Waals surface area contributed by atoms with E-state index in [4.69, 9.17) is 5.11 Å². The third-order valence-electron chi connectivity index (χ3n) is 3.27. The largest absolute Gasteiger partial charge is 0.392 e. The van der Waals surface area contributed by atoms with Crippen LogP contribution >= 0.6 is 0 Å². The van der Waals surface area contributed by atoms with Crippen LogP contribution in [-0.4, -0.2) is 22.4 Å². The lowest BCUT2D eigenvalue weighted by molar-refractivity contribution is 0.282. The monoisotopic (exact) mass is 253 g/mol. The van der Waals surface area contributed by atoms with E-state index in [1.54, 1.807) is 0 Å². The highest BCUT2D eigenvalue weighted by Crippen LogP contribution is 2.27. The van der Waals surface area contributed by atoms with Gasteiger partial charge in [0.15, 0.2) is 5.82 Å². The number of aromatic nitrogens is 2. The lowest BCUT2D eigenvalue weighted by atomic mass is 10.0. The molecule has 0 radical (unpaired) electrons. The number of aromatic amines is 1. The highest BCUT2D eigenvalue weighted by Gasteiger charge is 2.06. The number of aliphatic hydroxyl groups excluding tert-OH is 1. The number of H-pyrrole nitrogens is 1. The second-order valence-corrected chi connectivity index (χ2v) is 4.44. The fraction of sp³-hybridized carbons (Fsp3) is 0.133. The summed E-state index contributed by atoms with van der Waals surface area (Å²) < 4.78 is 0. The first-order valence-electron chi connectivity index (χ1n) is 6.18. The molecule has 96 valence electrons. The number of anilines is 1. The highest BCUT2D eigenvalue weighted by atomic mass is 16.3. The molecular weight excluding hydrogens is 238 g/mol. The molecule has 0 unspecified atom stereocenters. The zero-order valence-corrected chi connectivity index (χ0v) is 10.6. The van der Waals surface area contributed by atoms with Crippen molar-refractivity contribution in [2.45, 2.75) is 6.61 Å². The molecule has 3 rings (SSSR count). The van der Waals surface area contributed by atoms with Gasteiger partial charge in [0.05, 0.1) is 12.1 Å². The molecule has 0 fully saturated rings. The van der Waals surface area contributed by atoms with Gasteiger partial charge in [-0.05, 0) is 28.8 Å². The maximum absolute atomic E-state index is 9.06. The van der Waals surface area contributed by atoms with Crippen LogP contribution < -0.4 is 5.32 Å². The summed E-state index contributed by atoms with van der Waals surface area (Å²) in [7, 11) is 1.86. The lowest BCUT2D eigenvalue weighted by Gasteiger charge is -2.04. The predicted molar refractivity (Wildman–Crippen MR) is 77.0 cm³/mol. The minimum atomic E-state index is 0.0744. The van der Waals surface area contributed by atoms with Gasteiger partial charge in [-0.25, -0.2) is 0 Å². The van der Waals surface area contributed by atoms with Gasteiger partial charge in [0.2, 0.25) is 0 Å².